The molecular formula is C13H12ClN3O3. The number of nitrogens with zero attached hydrogens (tertiary/aromatic N) is 3. The summed E-state index contributed by atoms with van der Waals surface area (Å²) in [5.41, 5.74) is 0.532. The average molecular weight is 294 g/mol. The van der Waals surface area contributed by atoms with Gasteiger partial charge in [-0.15, -0.1) is 0 Å². The van der Waals surface area contributed by atoms with Crippen LogP contribution < -0.4 is 4.74 Å². The fourth-order valence-corrected chi connectivity index (χ4v) is 1.86. The highest BCUT2D eigenvalue weighted by atomic mass is 35.5. The summed E-state index contributed by atoms with van der Waals surface area (Å²) in [4.78, 5) is 18.7. The van der Waals surface area contributed by atoms with E-state index in [1.165, 1.54) is 12.1 Å². The van der Waals surface area contributed by atoms with Crippen LogP contribution in [0.2, 0.25) is 5.15 Å². The normalized spacial score (nSPS) is 10.3. The summed E-state index contributed by atoms with van der Waals surface area (Å²) in [6.07, 6.45) is 0.590. The van der Waals surface area contributed by atoms with Crippen LogP contribution in [0.4, 0.5) is 5.69 Å². The number of aryl methyl sites for hydroxylation is 2. The highest BCUT2D eigenvalue weighted by Gasteiger charge is 2.18. The van der Waals surface area contributed by atoms with E-state index in [9.17, 15) is 10.1 Å². The highest BCUT2D eigenvalue weighted by Crippen LogP contribution is 2.34. The van der Waals surface area contributed by atoms with Crippen LogP contribution in [-0.2, 0) is 6.42 Å². The zero-order valence-electron chi connectivity index (χ0n) is 11.0. The number of ether oxygens (including phenoxy) is 1. The molecule has 6 nitrogen and oxygen atoms in total. The van der Waals surface area contributed by atoms with Gasteiger partial charge in [0, 0.05) is 18.6 Å². The Morgan fingerprint density at radius 3 is 2.80 bits per heavy atom. The Bertz CT molecular complexity index is 661. The Morgan fingerprint density at radius 2 is 2.15 bits per heavy atom. The van der Waals surface area contributed by atoms with E-state index in [0.29, 0.717) is 17.8 Å². The minimum atomic E-state index is -0.494. The summed E-state index contributed by atoms with van der Waals surface area (Å²) in [6.45, 7) is 3.61. The first-order valence-electron chi connectivity index (χ1n) is 5.96. The molecule has 1 aromatic heterocycles. The van der Waals surface area contributed by atoms with Crippen LogP contribution in [0.5, 0.6) is 11.6 Å². The van der Waals surface area contributed by atoms with Crippen molar-refractivity contribution >= 4 is 17.3 Å². The lowest BCUT2D eigenvalue weighted by molar-refractivity contribution is -0.385. The van der Waals surface area contributed by atoms with E-state index < -0.39 is 4.92 Å². The van der Waals surface area contributed by atoms with Gasteiger partial charge in [-0.1, -0.05) is 30.7 Å². The van der Waals surface area contributed by atoms with Gasteiger partial charge in [0.25, 0.3) is 0 Å². The minimum absolute atomic E-state index is 0.113. The first-order chi connectivity index (χ1) is 9.51. The van der Waals surface area contributed by atoms with Gasteiger partial charge in [0.2, 0.25) is 11.6 Å². The Morgan fingerprint density at radius 1 is 1.40 bits per heavy atom. The van der Waals surface area contributed by atoms with Crippen molar-refractivity contribution in [3.05, 3.63) is 50.9 Å². The summed E-state index contributed by atoms with van der Waals surface area (Å²) in [5, 5.41) is 11.3. The zero-order valence-corrected chi connectivity index (χ0v) is 11.7. The predicted octanol–water partition coefficient (Wildman–Crippen LogP) is 3.70. The molecule has 0 saturated carbocycles. The predicted molar refractivity (Wildman–Crippen MR) is 74.3 cm³/mol. The molecule has 0 amide bonds. The van der Waals surface area contributed by atoms with E-state index in [4.69, 9.17) is 16.3 Å². The molecule has 0 radical (unpaired) electrons. The van der Waals surface area contributed by atoms with Crippen LogP contribution in [0.15, 0.2) is 24.3 Å². The van der Waals surface area contributed by atoms with Crippen molar-refractivity contribution in [3.63, 3.8) is 0 Å². The van der Waals surface area contributed by atoms with Crippen molar-refractivity contribution < 1.29 is 9.66 Å². The van der Waals surface area contributed by atoms with Gasteiger partial charge in [0.05, 0.1) is 4.92 Å². The molecule has 104 valence electrons. The summed E-state index contributed by atoms with van der Waals surface area (Å²) in [6, 6.07) is 6.14. The molecule has 2 rings (SSSR count). The van der Waals surface area contributed by atoms with Crippen molar-refractivity contribution in [2.75, 3.05) is 0 Å². The molecule has 0 aliphatic rings. The molecule has 0 N–H and O–H groups in total. The van der Waals surface area contributed by atoms with Crippen LogP contribution in [0.3, 0.4) is 0 Å². The van der Waals surface area contributed by atoms with Crippen LogP contribution in [0, 0.1) is 17.0 Å². The van der Waals surface area contributed by atoms with Gasteiger partial charge in [0.1, 0.15) is 11.0 Å². The van der Waals surface area contributed by atoms with Crippen LogP contribution in [-0.4, -0.2) is 14.9 Å². The van der Waals surface area contributed by atoms with Crippen molar-refractivity contribution in [1.29, 1.82) is 0 Å². The van der Waals surface area contributed by atoms with Crippen molar-refractivity contribution in [2.24, 2.45) is 0 Å². The van der Waals surface area contributed by atoms with Gasteiger partial charge in [-0.2, -0.15) is 4.98 Å². The number of nitro benzene ring substituents is 1. The molecule has 20 heavy (non-hydrogen) atoms. The second kappa shape index (κ2) is 5.83. The third kappa shape index (κ3) is 3.03. The molecule has 7 heteroatoms. The largest absolute Gasteiger partial charge is 0.431 e. The maximum atomic E-state index is 11.0. The van der Waals surface area contributed by atoms with E-state index in [1.807, 2.05) is 6.92 Å². The van der Waals surface area contributed by atoms with Gasteiger partial charge < -0.3 is 4.74 Å². The summed E-state index contributed by atoms with van der Waals surface area (Å²) in [7, 11) is 0. The lowest BCUT2D eigenvalue weighted by Crippen LogP contribution is -1.99. The molecule has 2 aromatic rings. The van der Waals surface area contributed by atoms with E-state index in [2.05, 4.69) is 9.97 Å². The summed E-state index contributed by atoms with van der Waals surface area (Å²) in [5.74, 6) is 0.873. The lowest BCUT2D eigenvalue weighted by Gasteiger charge is -2.09. The molecule has 0 unspecified atom stereocenters. The van der Waals surface area contributed by atoms with E-state index in [1.54, 1.807) is 19.1 Å². The molecule has 0 aliphatic carbocycles. The van der Waals surface area contributed by atoms with Crippen LogP contribution in [0.25, 0.3) is 0 Å². The number of halogens is 1. The Kier molecular flexibility index (Phi) is 4.14. The zero-order chi connectivity index (χ0) is 14.7. The molecule has 0 bridgehead atoms. The fourth-order valence-electron chi connectivity index (χ4n) is 1.67. The Hall–Kier alpha value is -2.21. The Balaban J connectivity index is 2.44. The van der Waals surface area contributed by atoms with Crippen LogP contribution >= 0.6 is 11.6 Å². The highest BCUT2D eigenvalue weighted by molar-refractivity contribution is 6.29. The molecule has 1 aromatic carbocycles. The van der Waals surface area contributed by atoms with E-state index >= 15 is 0 Å². The minimum Gasteiger partial charge on any atom is -0.431 e. The van der Waals surface area contributed by atoms with Gasteiger partial charge in [-0.25, -0.2) is 4.98 Å². The Labute approximate surface area is 120 Å². The molecular weight excluding hydrogens is 282 g/mol. The van der Waals surface area contributed by atoms with Crippen molar-refractivity contribution in [1.82, 2.24) is 9.97 Å². The average Bonchev–Trinajstić information content (AvgIpc) is 2.40. The molecule has 0 spiro atoms. The summed E-state index contributed by atoms with van der Waals surface area (Å²) >= 11 is 5.87. The first kappa shape index (κ1) is 14.2. The second-order valence-corrected chi connectivity index (χ2v) is 4.47. The third-order valence-electron chi connectivity index (χ3n) is 2.63. The van der Waals surface area contributed by atoms with Crippen LogP contribution in [0.1, 0.15) is 18.3 Å². The number of hydrogen-bond donors (Lipinski definition) is 0. The number of nitro groups is 1. The standard InChI is InChI=1S/C13H12ClN3O3/c1-3-11-15-10(14)7-12(16-11)20-13-8(2)5-4-6-9(13)17(18)19/h4-7H,3H2,1-2H3. The topological polar surface area (TPSA) is 78.2 Å². The number of hydrogen-bond acceptors (Lipinski definition) is 5. The second-order valence-electron chi connectivity index (χ2n) is 4.08. The SMILES string of the molecule is CCc1nc(Cl)cc(Oc2c(C)cccc2[N+](=O)[O-])n1. The van der Waals surface area contributed by atoms with Crippen molar-refractivity contribution in [2.45, 2.75) is 20.3 Å². The maximum absolute atomic E-state index is 11.0. The number of rotatable bonds is 4. The monoisotopic (exact) mass is 293 g/mol. The van der Waals surface area contributed by atoms with E-state index in [-0.39, 0.29) is 22.5 Å². The lowest BCUT2D eigenvalue weighted by atomic mass is 10.2. The van der Waals surface area contributed by atoms with Gasteiger partial charge in [-0.3, -0.25) is 10.1 Å². The number of aromatic nitrogens is 2. The molecule has 0 aliphatic heterocycles. The number of benzene rings is 1. The smallest absolute Gasteiger partial charge is 0.311 e. The van der Waals surface area contributed by atoms with Gasteiger partial charge in [-0.05, 0) is 12.5 Å². The quantitative estimate of drug-likeness (QED) is 0.488. The summed E-state index contributed by atoms with van der Waals surface area (Å²) < 4.78 is 5.55. The number of para-hydroxylation sites is 1. The third-order valence-corrected chi connectivity index (χ3v) is 2.82. The van der Waals surface area contributed by atoms with Gasteiger partial charge >= 0.3 is 5.69 Å². The molecule has 1 heterocycles. The van der Waals surface area contributed by atoms with Crippen molar-refractivity contribution in [3.8, 4) is 11.6 Å². The molecule has 0 saturated heterocycles. The van der Waals surface area contributed by atoms with E-state index in [0.717, 1.165) is 0 Å². The maximum Gasteiger partial charge on any atom is 0.311 e. The molecule has 0 fully saturated rings. The van der Waals surface area contributed by atoms with Gasteiger partial charge in [0.15, 0.2) is 0 Å². The first-order valence-corrected chi connectivity index (χ1v) is 6.34. The molecule has 0 atom stereocenters. The fraction of sp³-hybridized carbons (Fsp3) is 0.231.